The number of carboxylic acid groups (broad SMARTS) is 1. The fourth-order valence-corrected chi connectivity index (χ4v) is 3.65. The Morgan fingerprint density at radius 1 is 1.47 bits per heavy atom. The number of nitrogens with zero attached hydrogens (tertiary/aromatic N) is 1. The molecule has 3 atom stereocenters. The number of hydrogen-bond donors (Lipinski definition) is 3. The highest BCUT2D eigenvalue weighted by Crippen LogP contribution is 2.48. The topological polar surface area (TPSA) is 88.2 Å². The van der Waals surface area contributed by atoms with E-state index in [1.165, 1.54) is 37.9 Å². The fraction of sp³-hybridized carbons (Fsp3) is 0.571. The lowest BCUT2D eigenvalue weighted by Gasteiger charge is -2.22. The number of aromatic nitrogens is 1. The van der Waals surface area contributed by atoms with Crippen molar-refractivity contribution >= 4 is 17.5 Å². The molecule has 2 bridgehead atoms. The van der Waals surface area contributed by atoms with Crippen LogP contribution in [0.3, 0.4) is 0 Å². The van der Waals surface area contributed by atoms with Crippen molar-refractivity contribution in [2.75, 3.05) is 17.6 Å². The first-order valence-corrected chi connectivity index (χ1v) is 6.86. The van der Waals surface area contributed by atoms with Gasteiger partial charge in [0.05, 0.1) is 11.3 Å². The van der Waals surface area contributed by atoms with E-state index in [1.807, 2.05) is 0 Å². The molecular formula is C14H19N3O2. The summed E-state index contributed by atoms with van der Waals surface area (Å²) in [5.74, 6) is 1.92. The molecule has 2 fully saturated rings. The number of hydrogen-bond acceptors (Lipinski definition) is 4. The molecule has 0 aromatic carbocycles. The van der Waals surface area contributed by atoms with Gasteiger partial charge in [0, 0.05) is 12.7 Å². The minimum absolute atomic E-state index is 0.116. The van der Waals surface area contributed by atoms with E-state index in [2.05, 4.69) is 10.3 Å². The zero-order valence-corrected chi connectivity index (χ0v) is 10.8. The minimum Gasteiger partial charge on any atom is -0.478 e. The van der Waals surface area contributed by atoms with Crippen molar-refractivity contribution in [1.29, 1.82) is 0 Å². The Morgan fingerprint density at radius 3 is 2.95 bits per heavy atom. The predicted octanol–water partition coefficient (Wildman–Crippen LogP) is 2.21. The molecular weight excluding hydrogens is 242 g/mol. The number of rotatable bonds is 4. The molecule has 102 valence electrons. The van der Waals surface area contributed by atoms with Gasteiger partial charge in [0.2, 0.25) is 0 Å². The molecule has 0 amide bonds. The van der Waals surface area contributed by atoms with Crippen molar-refractivity contribution in [1.82, 2.24) is 4.98 Å². The number of carboxylic acids is 1. The van der Waals surface area contributed by atoms with Crippen molar-refractivity contribution in [3.05, 3.63) is 17.8 Å². The SMILES string of the molecule is Nc1c(C(=O)O)ccnc1NCC1CC2CCC1C2. The second-order valence-electron chi connectivity index (χ2n) is 5.74. The molecule has 0 saturated heterocycles. The van der Waals surface area contributed by atoms with Gasteiger partial charge >= 0.3 is 5.97 Å². The summed E-state index contributed by atoms with van der Waals surface area (Å²) in [6, 6.07) is 1.43. The van der Waals surface area contributed by atoms with Crippen LogP contribution in [0.15, 0.2) is 12.3 Å². The number of carbonyl (C=O) groups is 1. The zero-order valence-electron chi connectivity index (χ0n) is 10.8. The van der Waals surface area contributed by atoms with Crippen LogP contribution in [-0.4, -0.2) is 22.6 Å². The van der Waals surface area contributed by atoms with Crippen molar-refractivity contribution in [2.24, 2.45) is 17.8 Å². The maximum Gasteiger partial charge on any atom is 0.337 e. The smallest absolute Gasteiger partial charge is 0.337 e. The quantitative estimate of drug-likeness (QED) is 0.773. The molecule has 2 aliphatic carbocycles. The van der Waals surface area contributed by atoms with Gasteiger partial charge in [0.15, 0.2) is 0 Å². The van der Waals surface area contributed by atoms with Crippen LogP contribution in [0.25, 0.3) is 0 Å². The summed E-state index contributed by atoms with van der Waals surface area (Å²) in [6.45, 7) is 0.849. The Labute approximate surface area is 112 Å². The summed E-state index contributed by atoms with van der Waals surface area (Å²) >= 11 is 0. The van der Waals surface area contributed by atoms with Crippen LogP contribution in [0, 0.1) is 17.8 Å². The molecule has 3 unspecified atom stereocenters. The molecule has 5 nitrogen and oxygen atoms in total. The Bertz CT molecular complexity index is 503. The first kappa shape index (κ1) is 12.3. The lowest BCUT2D eigenvalue weighted by molar-refractivity contribution is 0.0698. The summed E-state index contributed by atoms with van der Waals surface area (Å²) in [4.78, 5) is 15.1. The highest BCUT2D eigenvalue weighted by Gasteiger charge is 2.39. The highest BCUT2D eigenvalue weighted by molar-refractivity contribution is 5.96. The summed E-state index contributed by atoms with van der Waals surface area (Å²) in [6.07, 6.45) is 6.87. The maximum absolute atomic E-state index is 11.0. The van der Waals surface area contributed by atoms with Gasteiger partial charge in [-0.15, -0.1) is 0 Å². The number of anilines is 2. The molecule has 5 heteroatoms. The second kappa shape index (κ2) is 4.72. The van der Waals surface area contributed by atoms with Gasteiger partial charge in [-0.3, -0.25) is 0 Å². The molecule has 1 aromatic rings. The van der Waals surface area contributed by atoms with E-state index in [0.29, 0.717) is 11.7 Å². The molecule has 2 saturated carbocycles. The Morgan fingerprint density at radius 2 is 2.32 bits per heavy atom. The van der Waals surface area contributed by atoms with E-state index in [1.54, 1.807) is 0 Å². The van der Waals surface area contributed by atoms with Crippen LogP contribution in [0.4, 0.5) is 11.5 Å². The number of nitrogens with one attached hydrogen (secondary N) is 1. The van der Waals surface area contributed by atoms with E-state index in [0.717, 1.165) is 18.4 Å². The average Bonchev–Trinajstić information content (AvgIpc) is 2.99. The number of nitrogen functional groups attached to an aromatic ring is 1. The van der Waals surface area contributed by atoms with Crippen molar-refractivity contribution in [3.8, 4) is 0 Å². The number of pyridine rings is 1. The highest BCUT2D eigenvalue weighted by atomic mass is 16.4. The Kier molecular flexibility index (Phi) is 3.05. The van der Waals surface area contributed by atoms with Gasteiger partial charge in [-0.05, 0) is 43.1 Å². The van der Waals surface area contributed by atoms with E-state index in [-0.39, 0.29) is 11.3 Å². The summed E-state index contributed by atoms with van der Waals surface area (Å²) in [5, 5.41) is 12.3. The van der Waals surface area contributed by atoms with Crippen LogP contribution < -0.4 is 11.1 Å². The molecule has 0 radical (unpaired) electrons. The standard InChI is InChI=1S/C14H19N3O2/c15-12-11(14(18)19)3-4-16-13(12)17-7-10-6-8-1-2-9(10)5-8/h3-4,8-10H,1-2,5-7,15H2,(H,16,17)(H,18,19). The van der Waals surface area contributed by atoms with Gasteiger partial charge in [-0.1, -0.05) is 6.42 Å². The third kappa shape index (κ3) is 2.25. The molecule has 1 aromatic heterocycles. The fourth-order valence-electron chi connectivity index (χ4n) is 3.65. The van der Waals surface area contributed by atoms with E-state index >= 15 is 0 Å². The Hall–Kier alpha value is -1.78. The minimum atomic E-state index is -1.01. The van der Waals surface area contributed by atoms with Crippen molar-refractivity contribution < 1.29 is 9.90 Å². The lowest BCUT2D eigenvalue weighted by Crippen LogP contribution is -2.21. The lowest BCUT2D eigenvalue weighted by atomic mass is 9.89. The average molecular weight is 261 g/mol. The number of aromatic carboxylic acids is 1. The van der Waals surface area contributed by atoms with Crippen molar-refractivity contribution in [2.45, 2.75) is 25.7 Å². The summed E-state index contributed by atoms with van der Waals surface area (Å²) in [5.41, 5.74) is 6.19. The van der Waals surface area contributed by atoms with Gasteiger partial charge in [-0.25, -0.2) is 9.78 Å². The predicted molar refractivity (Wildman–Crippen MR) is 73.0 cm³/mol. The van der Waals surface area contributed by atoms with Crippen LogP contribution in [-0.2, 0) is 0 Å². The third-order valence-electron chi connectivity index (χ3n) is 4.64. The van der Waals surface area contributed by atoms with Crippen LogP contribution in [0.5, 0.6) is 0 Å². The molecule has 1 heterocycles. The number of fused-ring (bicyclic) bond motifs is 2. The van der Waals surface area contributed by atoms with Crippen molar-refractivity contribution in [3.63, 3.8) is 0 Å². The summed E-state index contributed by atoms with van der Waals surface area (Å²) < 4.78 is 0. The van der Waals surface area contributed by atoms with E-state index < -0.39 is 5.97 Å². The van der Waals surface area contributed by atoms with Gasteiger partial charge in [-0.2, -0.15) is 0 Å². The first-order chi connectivity index (χ1) is 9.15. The summed E-state index contributed by atoms with van der Waals surface area (Å²) in [7, 11) is 0. The third-order valence-corrected chi connectivity index (χ3v) is 4.64. The molecule has 4 N–H and O–H groups in total. The zero-order chi connectivity index (χ0) is 13.4. The number of nitrogens with two attached hydrogens (primary N) is 1. The monoisotopic (exact) mass is 261 g/mol. The largest absolute Gasteiger partial charge is 0.478 e. The normalized spacial score (nSPS) is 28.5. The molecule has 0 aliphatic heterocycles. The van der Waals surface area contributed by atoms with Crippen LogP contribution in [0.2, 0.25) is 0 Å². The molecule has 19 heavy (non-hydrogen) atoms. The second-order valence-corrected chi connectivity index (χ2v) is 5.74. The van der Waals surface area contributed by atoms with E-state index in [9.17, 15) is 4.79 Å². The van der Waals surface area contributed by atoms with Gasteiger partial charge in [0.1, 0.15) is 5.82 Å². The molecule has 3 rings (SSSR count). The van der Waals surface area contributed by atoms with Crippen LogP contribution in [0.1, 0.15) is 36.0 Å². The van der Waals surface area contributed by atoms with Crippen LogP contribution >= 0.6 is 0 Å². The Balaban J connectivity index is 1.67. The molecule has 2 aliphatic rings. The van der Waals surface area contributed by atoms with E-state index in [4.69, 9.17) is 10.8 Å². The maximum atomic E-state index is 11.0. The first-order valence-electron chi connectivity index (χ1n) is 6.86. The van der Waals surface area contributed by atoms with Gasteiger partial charge in [0.25, 0.3) is 0 Å². The van der Waals surface area contributed by atoms with Gasteiger partial charge < -0.3 is 16.2 Å². The molecule has 0 spiro atoms.